The van der Waals surface area contributed by atoms with Gasteiger partial charge in [0.15, 0.2) is 5.78 Å². The van der Waals surface area contributed by atoms with Crippen LogP contribution in [0.3, 0.4) is 0 Å². The van der Waals surface area contributed by atoms with E-state index in [9.17, 15) is 32.7 Å². The van der Waals surface area contributed by atoms with Crippen molar-refractivity contribution in [1.29, 1.82) is 0 Å². The summed E-state index contributed by atoms with van der Waals surface area (Å²) in [6.07, 6.45) is -2.28. The van der Waals surface area contributed by atoms with Crippen LogP contribution in [0.5, 0.6) is 0 Å². The van der Waals surface area contributed by atoms with Crippen LogP contribution in [0.1, 0.15) is 55.6 Å². The molecule has 36 heavy (non-hydrogen) atoms. The van der Waals surface area contributed by atoms with E-state index in [0.717, 1.165) is 30.5 Å². The summed E-state index contributed by atoms with van der Waals surface area (Å²) in [7, 11) is 0. The van der Waals surface area contributed by atoms with Crippen molar-refractivity contribution in [3.63, 3.8) is 0 Å². The molecule has 0 radical (unpaired) electrons. The third kappa shape index (κ3) is 5.70. The van der Waals surface area contributed by atoms with Gasteiger partial charge in [-0.3, -0.25) is 9.59 Å². The summed E-state index contributed by atoms with van der Waals surface area (Å²) in [5.41, 5.74) is -1.10. The second-order valence-corrected chi connectivity index (χ2v) is 9.66. The minimum Gasteiger partial charge on any atom is -0.481 e. The number of amides is 2. The molecule has 192 valence electrons. The Bertz CT molecular complexity index is 1150. The van der Waals surface area contributed by atoms with Crippen LogP contribution in [0.25, 0.3) is 0 Å². The average molecular weight is 505 g/mol. The first-order valence-corrected chi connectivity index (χ1v) is 11.8. The normalized spacial score (nSPS) is 26.1. The summed E-state index contributed by atoms with van der Waals surface area (Å²) < 4.78 is 38.6. The number of nitrogens with one attached hydrogen (secondary N) is 2. The number of rotatable bonds is 5. The lowest BCUT2D eigenvalue weighted by Gasteiger charge is -2.44. The van der Waals surface area contributed by atoms with Gasteiger partial charge in [-0.25, -0.2) is 4.79 Å². The number of fused-ring (bicyclic) bond motifs is 1. The number of hydrogen-bond acceptors (Lipinski definition) is 4. The van der Waals surface area contributed by atoms with Gasteiger partial charge in [0.25, 0.3) is 0 Å². The van der Waals surface area contributed by atoms with E-state index in [4.69, 9.17) is 5.11 Å². The lowest BCUT2D eigenvalue weighted by atomic mass is 9.61. The maximum atomic E-state index is 12.9. The maximum absolute atomic E-state index is 12.9. The van der Waals surface area contributed by atoms with Gasteiger partial charge < -0.3 is 20.8 Å². The molecular formula is C26H27F3N2O5. The number of aliphatic hydroxyl groups is 1. The molecular weight excluding hydrogens is 477 g/mol. The van der Waals surface area contributed by atoms with Crippen LogP contribution >= 0.6 is 0 Å². The van der Waals surface area contributed by atoms with E-state index in [1.165, 1.54) is 12.1 Å². The Morgan fingerprint density at radius 1 is 1.00 bits per heavy atom. The number of alkyl halides is 3. The molecule has 0 saturated heterocycles. The Balaban J connectivity index is 1.34. The van der Waals surface area contributed by atoms with Crippen LogP contribution < -0.4 is 10.6 Å². The van der Waals surface area contributed by atoms with Crippen molar-refractivity contribution in [1.82, 2.24) is 0 Å². The fourth-order valence-corrected chi connectivity index (χ4v) is 5.45. The van der Waals surface area contributed by atoms with Crippen molar-refractivity contribution in [2.45, 2.75) is 56.2 Å². The van der Waals surface area contributed by atoms with Crippen LogP contribution in [-0.4, -0.2) is 33.6 Å². The summed E-state index contributed by atoms with van der Waals surface area (Å²) in [6.45, 7) is 0. The number of anilines is 2. The van der Waals surface area contributed by atoms with Crippen LogP contribution in [-0.2, 0) is 15.8 Å². The lowest BCUT2D eigenvalue weighted by molar-refractivity contribution is -0.160. The monoisotopic (exact) mass is 504 g/mol. The first-order valence-electron chi connectivity index (χ1n) is 11.8. The van der Waals surface area contributed by atoms with Gasteiger partial charge in [-0.2, -0.15) is 13.2 Å². The molecule has 2 saturated carbocycles. The SMILES string of the molecule is O=C(O)CC1(O)CCC2CC(c3ccc(NC(=O)Nc4cccc(C(F)(F)F)c4)cc3)CCC2C1=O. The Labute approximate surface area is 205 Å². The highest BCUT2D eigenvalue weighted by atomic mass is 19.4. The third-order valence-electron chi connectivity index (χ3n) is 7.24. The maximum Gasteiger partial charge on any atom is 0.416 e. The molecule has 4 unspecified atom stereocenters. The number of ketones is 1. The highest BCUT2D eigenvalue weighted by molar-refractivity contribution is 5.99. The number of carbonyl (C=O) groups excluding carboxylic acids is 2. The molecule has 2 aliphatic rings. The van der Waals surface area contributed by atoms with E-state index in [-0.39, 0.29) is 35.6 Å². The zero-order chi connectivity index (χ0) is 26.1. The number of aliphatic carboxylic acids is 1. The van der Waals surface area contributed by atoms with Gasteiger partial charge in [0.05, 0.1) is 12.0 Å². The van der Waals surface area contributed by atoms with Crippen LogP contribution in [0.4, 0.5) is 29.3 Å². The Kier molecular flexibility index (Phi) is 7.08. The number of urea groups is 1. The predicted octanol–water partition coefficient (Wildman–Crippen LogP) is 5.42. The zero-order valence-corrected chi connectivity index (χ0v) is 19.3. The van der Waals surface area contributed by atoms with Crippen LogP contribution in [0.15, 0.2) is 48.5 Å². The number of Topliss-reactive ketones (excluding diaryl/α,β-unsaturated/α-hetero) is 1. The average Bonchev–Trinajstić information content (AvgIpc) is 2.81. The molecule has 2 aromatic carbocycles. The first kappa shape index (κ1) is 25.7. The van der Waals surface area contributed by atoms with E-state index >= 15 is 0 Å². The van der Waals surface area contributed by atoms with Crippen LogP contribution in [0.2, 0.25) is 0 Å². The van der Waals surface area contributed by atoms with Gasteiger partial charge in [-0.1, -0.05) is 18.2 Å². The topological polar surface area (TPSA) is 116 Å². The van der Waals surface area contributed by atoms with Crippen molar-refractivity contribution < 1.29 is 37.8 Å². The quantitative estimate of drug-likeness (QED) is 0.434. The molecule has 2 aromatic rings. The van der Waals surface area contributed by atoms with Gasteiger partial charge in [-0.15, -0.1) is 0 Å². The second kappa shape index (κ2) is 9.93. The number of carboxylic acid groups (broad SMARTS) is 1. The molecule has 2 fully saturated rings. The first-order chi connectivity index (χ1) is 16.9. The summed E-state index contributed by atoms with van der Waals surface area (Å²) in [5.74, 6) is -1.60. The van der Waals surface area contributed by atoms with Crippen LogP contribution in [0, 0.1) is 11.8 Å². The largest absolute Gasteiger partial charge is 0.481 e. The molecule has 4 atom stereocenters. The second-order valence-electron chi connectivity index (χ2n) is 9.66. The van der Waals surface area contributed by atoms with E-state index in [1.807, 2.05) is 12.1 Å². The molecule has 10 heteroatoms. The van der Waals surface area contributed by atoms with Gasteiger partial charge in [0, 0.05) is 17.3 Å². The molecule has 4 rings (SSSR count). The highest BCUT2D eigenvalue weighted by Gasteiger charge is 2.50. The number of hydrogen-bond donors (Lipinski definition) is 4. The molecule has 7 nitrogen and oxygen atoms in total. The number of carboxylic acids is 1. The number of halogens is 3. The summed E-state index contributed by atoms with van der Waals surface area (Å²) in [5, 5.41) is 24.6. The Hall–Kier alpha value is -3.40. The van der Waals surface area contributed by atoms with Gasteiger partial charge in [0.2, 0.25) is 0 Å². The van der Waals surface area contributed by atoms with E-state index in [0.29, 0.717) is 18.5 Å². The third-order valence-corrected chi connectivity index (χ3v) is 7.24. The Morgan fingerprint density at radius 3 is 2.36 bits per heavy atom. The van der Waals surface area contributed by atoms with E-state index < -0.39 is 35.8 Å². The Morgan fingerprint density at radius 2 is 1.69 bits per heavy atom. The molecule has 0 aromatic heterocycles. The molecule has 0 heterocycles. The molecule has 4 N–H and O–H groups in total. The fourth-order valence-electron chi connectivity index (χ4n) is 5.45. The zero-order valence-electron chi connectivity index (χ0n) is 19.3. The summed E-state index contributed by atoms with van der Waals surface area (Å²) >= 11 is 0. The fraction of sp³-hybridized carbons (Fsp3) is 0.423. The molecule has 0 bridgehead atoms. The van der Waals surface area contributed by atoms with Gasteiger partial charge >= 0.3 is 18.2 Å². The number of carbonyl (C=O) groups is 3. The molecule has 0 aliphatic heterocycles. The number of benzene rings is 2. The van der Waals surface area contributed by atoms with Crippen molar-refractivity contribution in [3.8, 4) is 0 Å². The van der Waals surface area contributed by atoms with Gasteiger partial charge in [-0.05, 0) is 79.8 Å². The highest BCUT2D eigenvalue weighted by Crippen LogP contribution is 2.47. The van der Waals surface area contributed by atoms with E-state index in [1.54, 1.807) is 12.1 Å². The predicted molar refractivity (Wildman–Crippen MR) is 126 cm³/mol. The van der Waals surface area contributed by atoms with Crippen molar-refractivity contribution in [2.75, 3.05) is 10.6 Å². The van der Waals surface area contributed by atoms with Gasteiger partial charge in [0.1, 0.15) is 5.60 Å². The summed E-state index contributed by atoms with van der Waals surface area (Å²) in [6, 6.07) is 10.9. The molecule has 2 amide bonds. The summed E-state index contributed by atoms with van der Waals surface area (Å²) in [4.78, 5) is 36.1. The standard InChI is InChI=1S/C26H27F3N2O5/c27-26(28,29)18-2-1-3-20(13-18)31-24(35)30-19-7-4-15(5-8-19)16-6-9-21-17(12-16)10-11-25(36,23(21)34)14-22(32)33/h1-5,7-8,13,16-17,21,36H,6,9-12,14H2,(H,32,33)(H2,30,31,35). The molecule has 2 aliphatic carbocycles. The van der Waals surface area contributed by atoms with Crippen molar-refractivity contribution in [3.05, 3.63) is 59.7 Å². The lowest BCUT2D eigenvalue weighted by Crippen LogP contribution is -2.51. The minimum absolute atomic E-state index is 0.0213. The van der Waals surface area contributed by atoms with E-state index in [2.05, 4.69) is 10.6 Å². The van der Waals surface area contributed by atoms with Crippen molar-refractivity contribution >= 4 is 29.2 Å². The van der Waals surface area contributed by atoms with Crippen molar-refractivity contribution in [2.24, 2.45) is 11.8 Å². The smallest absolute Gasteiger partial charge is 0.416 e. The minimum atomic E-state index is -4.51. The molecule has 0 spiro atoms.